The molecule has 2 N–H and O–H groups in total. The van der Waals surface area contributed by atoms with Crippen LogP contribution in [0.5, 0.6) is 0 Å². The second-order valence-electron chi connectivity index (χ2n) is 3.10. The van der Waals surface area contributed by atoms with Crippen molar-refractivity contribution in [2.75, 3.05) is 6.54 Å². The number of nitrogens with two attached hydrogens (primary N) is 1. The summed E-state index contributed by atoms with van der Waals surface area (Å²) in [6, 6.07) is 0. The first kappa shape index (κ1) is 10.4. The molecule has 0 aliphatic rings. The maximum Gasteiger partial charge on any atom is 0.0109 e. The van der Waals surface area contributed by atoms with Crippen molar-refractivity contribution in [3.8, 4) is 0 Å². The van der Waals surface area contributed by atoms with Crippen LogP contribution in [0.3, 0.4) is 0 Å². The van der Waals surface area contributed by atoms with E-state index < -0.39 is 0 Å². The van der Waals surface area contributed by atoms with Gasteiger partial charge in [-0.3, -0.25) is 0 Å². The molecule has 0 saturated carbocycles. The van der Waals surface area contributed by atoms with Crippen LogP contribution < -0.4 is 5.73 Å². The number of hydrogen-bond donors (Lipinski definition) is 1. The molecule has 1 heteroatoms. The van der Waals surface area contributed by atoms with Gasteiger partial charge in [0.1, 0.15) is 0 Å². The summed E-state index contributed by atoms with van der Waals surface area (Å²) in [7, 11) is 0. The van der Waals surface area contributed by atoms with Gasteiger partial charge in [-0.1, -0.05) is 17.2 Å². The van der Waals surface area contributed by atoms with Crippen LogP contribution >= 0.6 is 0 Å². The van der Waals surface area contributed by atoms with Gasteiger partial charge in [-0.05, 0) is 33.1 Å². The Kier molecular flexibility index (Phi) is 5.86. The van der Waals surface area contributed by atoms with Gasteiger partial charge < -0.3 is 5.73 Å². The molecular formula is C10H19N. The molecule has 64 valence electrons. The van der Waals surface area contributed by atoms with Gasteiger partial charge in [-0.15, -0.1) is 6.58 Å². The molecule has 0 amide bonds. The predicted octanol–water partition coefficient (Wildman–Crippen LogP) is 2.64. The third kappa shape index (κ3) is 7.34. The van der Waals surface area contributed by atoms with Crippen molar-refractivity contribution >= 4 is 0 Å². The minimum Gasteiger partial charge on any atom is -0.327 e. The predicted molar refractivity (Wildman–Crippen MR) is 51.5 cm³/mol. The molecule has 0 unspecified atom stereocenters. The van der Waals surface area contributed by atoms with Gasteiger partial charge in [0, 0.05) is 6.54 Å². The van der Waals surface area contributed by atoms with E-state index in [2.05, 4.69) is 26.5 Å². The summed E-state index contributed by atoms with van der Waals surface area (Å²) in [5.74, 6) is 0. The molecule has 0 atom stereocenters. The van der Waals surface area contributed by atoms with Gasteiger partial charge in [0.25, 0.3) is 0 Å². The Morgan fingerprint density at radius 2 is 2.00 bits per heavy atom. The Morgan fingerprint density at radius 1 is 1.36 bits per heavy atom. The minimum atomic E-state index is 0.666. The van der Waals surface area contributed by atoms with E-state index in [0.717, 1.165) is 12.8 Å². The zero-order valence-corrected chi connectivity index (χ0v) is 7.69. The number of hydrogen-bond acceptors (Lipinski definition) is 1. The summed E-state index contributed by atoms with van der Waals surface area (Å²) in [5.41, 5.74) is 8.03. The van der Waals surface area contributed by atoms with Gasteiger partial charge in [0.2, 0.25) is 0 Å². The highest BCUT2D eigenvalue weighted by Crippen LogP contribution is 2.09. The van der Waals surface area contributed by atoms with Gasteiger partial charge in [-0.2, -0.15) is 0 Å². The molecule has 0 bridgehead atoms. The van der Waals surface area contributed by atoms with E-state index in [4.69, 9.17) is 5.73 Å². The molecule has 0 aromatic heterocycles. The zero-order chi connectivity index (χ0) is 8.69. The molecule has 0 aromatic carbocycles. The molecule has 0 heterocycles. The Morgan fingerprint density at radius 3 is 2.45 bits per heavy atom. The van der Waals surface area contributed by atoms with E-state index >= 15 is 0 Å². The zero-order valence-electron chi connectivity index (χ0n) is 7.69. The highest BCUT2D eigenvalue weighted by Gasteiger charge is 1.90. The van der Waals surface area contributed by atoms with Crippen molar-refractivity contribution in [2.24, 2.45) is 5.73 Å². The summed E-state index contributed by atoms with van der Waals surface area (Å²) in [4.78, 5) is 0. The van der Waals surface area contributed by atoms with Crippen LogP contribution in [0.25, 0.3) is 0 Å². The molecule has 0 radical (unpaired) electrons. The molecule has 0 aliphatic heterocycles. The summed E-state index contributed by atoms with van der Waals surface area (Å²) in [5, 5.41) is 0. The maximum atomic E-state index is 5.37. The lowest BCUT2D eigenvalue weighted by Gasteiger charge is -2.00. The van der Waals surface area contributed by atoms with Crippen molar-refractivity contribution in [1.82, 2.24) is 0 Å². The van der Waals surface area contributed by atoms with Crippen LogP contribution in [0.2, 0.25) is 0 Å². The highest BCUT2D eigenvalue weighted by atomic mass is 14.5. The number of allylic oxidation sites excluding steroid dienone is 2. The quantitative estimate of drug-likeness (QED) is 0.604. The molecule has 0 saturated heterocycles. The average Bonchev–Trinajstić information content (AvgIpc) is 1.87. The first-order chi connectivity index (χ1) is 5.16. The summed E-state index contributed by atoms with van der Waals surface area (Å²) in [6.45, 7) is 8.72. The van der Waals surface area contributed by atoms with Crippen LogP contribution in [0.1, 0.15) is 33.1 Å². The lowest BCUT2D eigenvalue weighted by Crippen LogP contribution is -1.94. The Bertz CT molecular complexity index is 145. The van der Waals surface area contributed by atoms with Crippen LogP contribution in [0, 0.1) is 0 Å². The fraction of sp³-hybridized carbons (Fsp3) is 0.600. The third-order valence-electron chi connectivity index (χ3n) is 1.64. The van der Waals surface area contributed by atoms with Gasteiger partial charge >= 0.3 is 0 Å². The van der Waals surface area contributed by atoms with Crippen molar-refractivity contribution in [3.05, 3.63) is 23.8 Å². The molecule has 11 heavy (non-hydrogen) atoms. The molecule has 0 fully saturated rings. The first-order valence-corrected chi connectivity index (χ1v) is 4.17. The van der Waals surface area contributed by atoms with E-state index in [1.807, 2.05) is 0 Å². The van der Waals surface area contributed by atoms with E-state index in [1.54, 1.807) is 0 Å². The van der Waals surface area contributed by atoms with E-state index in [9.17, 15) is 0 Å². The second-order valence-corrected chi connectivity index (χ2v) is 3.10. The fourth-order valence-electron chi connectivity index (χ4n) is 0.972. The van der Waals surface area contributed by atoms with Crippen molar-refractivity contribution in [2.45, 2.75) is 33.1 Å². The van der Waals surface area contributed by atoms with E-state index in [-0.39, 0.29) is 0 Å². The highest BCUT2D eigenvalue weighted by molar-refractivity contribution is 4.99. The minimum absolute atomic E-state index is 0.666. The Labute approximate surface area is 70.0 Å². The van der Waals surface area contributed by atoms with Crippen LogP contribution in [-0.4, -0.2) is 6.54 Å². The first-order valence-electron chi connectivity index (χ1n) is 4.17. The standard InChI is InChI=1S/C10H19N/c1-9(2)5-4-6-10(3)7-8-11/h7H,1,4-6,8,11H2,2-3H3/b10-7+. The normalized spacial score (nSPS) is 11.7. The van der Waals surface area contributed by atoms with Gasteiger partial charge in [0.15, 0.2) is 0 Å². The molecule has 1 nitrogen and oxygen atoms in total. The lowest BCUT2D eigenvalue weighted by atomic mass is 10.1. The van der Waals surface area contributed by atoms with Gasteiger partial charge in [-0.25, -0.2) is 0 Å². The summed E-state index contributed by atoms with van der Waals surface area (Å²) >= 11 is 0. The maximum absolute atomic E-state index is 5.37. The summed E-state index contributed by atoms with van der Waals surface area (Å²) < 4.78 is 0. The molecule has 0 aromatic rings. The lowest BCUT2D eigenvalue weighted by molar-refractivity contribution is 0.802. The number of rotatable bonds is 5. The van der Waals surface area contributed by atoms with Crippen molar-refractivity contribution in [3.63, 3.8) is 0 Å². The largest absolute Gasteiger partial charge is 0.327 e. The molecule has 0 aliphatic carbocycles. The molecule has 0 spiro atoms. The SMILES string of the molecule is C=C(C)CCC/C(C)=C/CN. The van der Waals surface area contributed by atoms with E-state index in [1.165, 1.54) is 17.6 Å². The topological polar surface area (TPSA) is 26.0 Å². The van der Waals surface area contributed by atoms with Crippen molar-refractivity contribution in [1.29, 1.82) is 0 Å². The van der Waals surface area contributed by atoms with Crippen LogP contribution in [-0.2, 0) is 0 Å². The smallest absolute Gasteiger partial charge is 0.0109 e. The Balaban J connectivity index is 3.38. The third-order valence-corrected chi connectivity index (χ3v) is 1.64. The van der Waals surface area contributed by atoms with Crippen molar-refractivity contribution < 1.29 is 0 Å². The van der Waals surface area contributed by atoms with Crippen LogP contribution in [0.15, 0.2) is 23.8 Å². The summed E-state index contributed by atoms with van der Waals surface area (Å²) in [6.07, 6.45) is 5.58. The fourth-order valence-corrected chi connectivity index (χ4v) is 0.972. The average molecular weight is 153 g/mol. The second kappa shape index (κ2) is 6.17. The van der Waals surface area contributed by atoms with Gasteiger partial charge in [0.05, 0.1) is 0 Å². The molecular weight excluding hydrogens is 134 g/mol. The Hall–Kier alpha value is -0.560. The van der Waals surface area contributed by atoms with Crippen LogP contribution in [0.4, 0.5) is 0 Å². The van der Waals surface area contributed by atoms with E-state index in [0.29, 0.717) is 6.54 Å². The monoisotopic (exact) mass is 153 g/mol. The molecule has 0 rings (SSSR count).